The molecule has 4 fully saturated rings. The first-order valence-corrected chi connectivity index (χ1v) is 11.9. The second kappa shape index (κ2) is 7.77. The lowest BCUT2D eigenvalue weighted by Gasteiger charge is -2.57. The largest absolute Gasteiger partial charge is 0.481 e. The van der Waals surface area contributed by atoms with Crippen molar-refractivity contribution < 1.29 is 29.6 Å². The third-order valence-corrected chi connectivity index (χ3v) is 9.73. The molecule has 4 rings (SSSR count). The number of carboxylic acid groups (broad SMARTS) is 1. The lowest BCUT2D eigenvalue weighted by atomic mass is 9.48. The number of fused-ring (bicyclic) bond motifs is 5. The molecule has 30 heavy (non-hydrogen) atoms. The number of aliphatic hydroxyl groups is 2. The van der Waals surface area contributed by atoms with Crippen molar-refractivity contribution in [2.45, 2.75) is 96.4 Å². The minimum absolute atomic E-state index is 0.0228. The highest BCUT2D eigenvalue weighted by atomic mass is 16.6. The van der Waals surface area contributed by atoms with Gasteiger partial charge >= 0.3 is 11.9 Å². The fourth-order valence-electron chi connectivity index (χ4n) is 8.13. The van der Waals surface area contributed by atoms with Crippen molar-refractivity contribution in [3.8, 4) is 0 Å². The van der Waals surface area contributed by atoms with Crippen molar-refractivity contribution in [2.75, 3.05) is 0 Å². The van der Waals surface area contributed by atoms with Gasteiger partial charge in [0.15, 0.2) is 0 Å². The Morgan fingerprint density at radius 3 is 2.60 bits per heavy atom. The van der Waals surface area contributed by atoms with Crippen molar-refractivity contribution >= 4 is 11.9 Å². The van der Waals surface area contributed by atoms with Gasteiger partial charge in [-0.25, -0.2) is 0 Å². The molecule has 6 heteroatoms. The number of aliphatic carboxylic acids is 1. The number of aliphatic hydroxyl groups excluding tert-OH is 2. The average molecular weight is 423 g/mol. The fraction of sp³-hybridized carbons (Fsp3) is 0.917. The third kappa shape index (κ3) is 3.48. The lowest BCUT2D eigenvalue weighted by Crippen LogP contribution is -2.56. The molecule has 0 bridgehead atoms. The van der Waals surface area contributed by atoms with Crippen LogP contribution in [-0.2, 0) is 14.3 Å². The van der Waals surface area contributed by atoms with Gasteiger partial charge in [-0.05, 0) is 81.0 Å². The van der Waals surface area contributed by atoms with Crippen LogP contribution in [0.2, 0.25) is 0 Å². The van der Waals surface area contributed by atoms with Crippen molar-refractivity contribution in [3.63, 3.8) is 0 Å². The molecular formula is C24H38O6. The molecule has 3 aliphatic carbocycles. The van der Waals surface area contributed by atoms with Crippen LogP contribution in [0.3, 0.4) is 0 Å². The zero-order valence-corrected chi connectivity index (χ0v) is 18.5. The first-order chi connectivity index (χ1) is 14.1. The van der Waals surface area contributed by atoms with Gasteiger partial charge in [-0.3, -0.25) is 9.59 Å². The summed E-state index contributed by atoms with van der Waals surface area (Å²) >= 11 is 0. The summed E-state index contributed by atoms with van der Waals surface area (Å²) in [5, 5.41) is 30.6. The van der Waals surface area contributed by atoms with E-state index in [0.29, 0.717) is 25.7 Å². The molecule has 6 nitrogen and oxygen atoms in total. The molecule has 3 saturated carbocycles. The van der Waals surface area contributed by atoms with E-state index in [1.165, 1.54) is 0 Å². The molecule has 170 valence electrons. The van der Waals surface area contributed by atoms with Gasteiger partial charge in [-0.2, -0.15) is 0 Å². The van der Waals surface area contributed by atoms with E-state index in [1.54, 1.807) is 0 Å². The highest BCUT2D eigenvalue weighted by Gasteiger charge is 2.63. The highest BCUT2D eigenvalue weighted by Crippen LogP contribution is 2.63. The number of carbonyl (C=O) groups is 2. The van der Waals surface area contributed by atoms with Gasteiger partial charge in [0, 0.05) is 24.7 Å². The average Bonchev–Trinajstić information content (AvgIpc) is 2.92. The summed E-state index contributed by atoms with van der Waals surface area (Å²) in [4.78, 5) is 24.1. The van der Waals surface area contributed by atoms with E-state index in [2.05, 4.69) is 13.8 Å². The Morgan fingerprint density at radius 1 is 1.17 bits per heavy atom. The van der Waals surface area contributed by atoms with Gasteiger partial charge in [-0.15, -0.1) is 0 Å². The molecule has 3 N–H and O–H groups in total. The molecule has 0 aromatic heterocycles. The maximum absolute atomic E-state index is 13.1. The second-order valence-corrected chi connectivity index (χ2v) is 11.2. The molecular weight excluding hydrogens is 384 g/mol. The van der Waals surface area contributed by atoms with E-state index in [0.717, 1.165) is 25.7 Å². The quantitative estimate of drug-likeness (QED) is 0.600. The van der Waals surface area contributed by atoms with Crippen LogP contribution in [0, 0.1) is 40.9 Å². The standard InChI is InChI=1S/C24H38O6/c1-13(4-7-20(27)28)16-5-6-17-22-18(12-21(29)30-24(16,17)3)23(2)9-8-15(25)10-14(23)11-19(22)26/h13-19,22,25-26H,4-12H2,1-3H3,(H,27,28)/t13-,14+,15-,16?,17+,18?,19-,22+,23+,24-/m1/s1. The van der Waals surface area contributed by atoms with Crippen molar-refractivity contribution in [1.29, 1.82) is 0 Å². The molecule has 0 amide bonds. The zero-order chi connectivity index (χ0) is 21.8. The summed E-state index contributed by atoms with van der Waals surface area (Å²) in [6.07, 6.45) is 5.13. The smallest absolute Gasteiger partial charge is 0.306 e. The minimum Gasteiger partial charge on any atom is -0.481 e. The van der Waals surface area contributed by atoms with E-state index in [1.807, 2.05) is 6.92 Å². The number of hydrogen-bond donors (Lipinski definition) is 3. The number of hydrogen-bond acceptors (Lipinski definition) is 5. The number of esters is 1. The van der Waals surface area contributed by atoms with Gasteiger partial charge in [-0.1, -0.05) is 13.8 Å². The molecule has 0 radical (unpaired) electrons. The summed E-state index contributed by atoms with van der Waals surface area (Å²) < 4.78 is 6.20. The van der Waals surface area contributed by atoms with Crippen molar-refractivity contribution in [2.24, 2.45) is 40.9 Å². The van der Waals surface area contributed by atoms with Gasteiger partial charge in [0.25, 0.3) is 0 Å². The predicted molar refractivity (Wildman–Crippen MR) is 110 cm³/mol. The molecule has 10 atom stereocenters. The molecule has 0 aromatic carbocycles. The van der Waals surface area contributed by atoms with E-state index in [9.17, 15) is 19.8 Å². The molecule has 4 aliphatic rings. The monoisotopic (exact) mass is 422 g/mol. The van der Waals surface area contributed by atoms with Crippen LogP contribution in [-0.4, -0.2) is 45.1 Å². The normalized spacial score (nSPS) is 49.2. The van der Waals surface area contributed by atoms with Crippen LogP contribution in [0.25, 0.3) is 0 Å². The van der Waals surface area contributed by atoms with Gasteiger partial charge < -0.3 is 20.1 Å². The van der Waals surface area contributed by atoms with Gasteiger partial charge in [0.2, 0.25) is 0 Å². The SMILES string of the molecule is C[C@H](CCC(=O)O)C1CC[C@H]2[C@H]3C(CC(=O)O[C@]12C)[C@@]1(C)CC[C@@H](O)C[C@H]1C[C@H]3O. The number of rotatable bonds is 4. The molecule has 0 spiro atoms. The summed E-state index contributed by atoms with van der Waals surface area (Å²) in [6, 6.07) is 0. The van der Waals surface area contributed by atoms with E-state index in [-0.39, 0.29) is 59.4 Å². The Labute approximate surface area is 179 Å². The summed E-state index contributed by atoms with van der Waals surface area (Å²) in [5.41, 5.74) is -0.701. The van der Waals surface area contributed by atoms with Crippen LogP contribution in [0.4, 0.5) is 0 Å². The maximum atomic E-state index is 13.1. The fourth-order valence-corrected chi connectivity index (χ4v) is 8.13. The highest BCUT2D eigenvalue weighted by molar-refractivity contribution is 5.71. The Hall–Kier alpha value is -1.14. The lowest BCUT2D eigenvalue weighted by molar-refractivity contribution is -0.169. The Balaban J connectivity index is 1.65. The van der Waals surface area contributed by atoms with E-state index >= 15 is 0 Å². The predicted octanol–water partition coefficient (Wildman–Crippen LogP) is 3.38. The zero-order valence-electron chi connectivity index (χ0n) is 18.5. The molecule has 2 unspecified atom stereocenters. The summed E-state index contributed by atoms with van der Waals surface area (Å²) in [6.45, 7) is 6.39. The maximum Gasteiger partial charge on any atom is 0.306 e. The molecule has 0 aromatic rings. The number of ether oxygens (including phenoxy) is 1. The van der Waals surface area contributed by atoms with E-state index < -0.39 is 17.7 Å². The first-order valence-electron chi connectivity index (χ1n) is 11.9. The molecule has 1 aliphatic heterocycles. The molecule has 1 heterocycles. The summed E-state index contributed by atoms with van der Waals surface area (Å²) in [7, 11) is 0. The van der Waals surface area contributed by atoms with Crippen LogP contribution in [0.15, 0.2) is 0 Å². The van der Waals surface area contributed by atoms with Crippen molar-refractivity contribution in [3.05, 3.63) is 0 Å². The molecule has 1 saturated heterocycles. The Kier molecular flexibility index (Phi) is 5.72. The summed E-state index contributed by atoms with van der Waals surface area (Å²) in [5.74, 6) is -0.258. The van der Waals surface area contributed by atoms with Gasteiger partial charge in [0.05, 0.1) is 12.2 Å². The van der Waals surface area contributed by atoms with Crippen molar-refractivity contribution in [1.82, 2.24) is 0 Å². The van der Waals surface area contributed by atoms with Crippen LogP contribution in [0.5, 0.6) is 0 Å². The number of carbonyl (C=O) groups excluding carboxylic acids is 1. The van der Waals surface area contributed by atoms with Crippen LogP contribution in [0.1, 0.15) is 78.6 Å². The number of carboxylic acids is 1. The minimum atomic E-state index is -0.791. The Morgan fingerprint density at radius 2 is 1.90 bits per heavy atom. The van der Waals surface area contributed by atoms with E-state index in [4.69, 9.17) is 9.84 Å². The topological polar surface area (TPSA) is 104 Å². The second-order valence-electron chi connectivity index (χ2n) is 11.2. The third-order valence-electron chi connectivity index (χ3n) is 9.73. The van der Waals surface area contributed by atoms with Crippen LogP contribution < -0.4 is 0 Å². The van der Waals surface area contributed by atoms with Crippen LogP contribution >= 0.6 is 0 Å². The Bertz CT molecular complexity index is 693. The first kappa shape index (κ1) is 22.1. The van der Waals surface area contributed by atoms with Gasteiger partial charge in [0.1, 0.15) is 5.60 Å².